The van der Waals surface area contributed by atoms with Crippen LogP contribution in [0.1, 0.15) is 30.8 Å². The van der Waals surface area contributed by atoms with Gasteiger partial charge in [0.1, 0.15) is 5.75 Å². The molecule has 1 rings (SSSR count). The lowest BCUT2D eigenvalue weighted by Gasteiger charge is -2.20. The monoisotopic (exact) mass is 222 g/mol. The average molecular weight is 222 g/mol. The fourth-order valence-corrected chi connectivity index (χ4v) is 1.42. The van der Waals surface area contributed by atoms with Crippen molar-refractivity contribution < 1.29 is 9.90 Å². The van der Waals surface area contributed by atoms with Crippen LogP contribution in [0.2, 0.25) is 0 Å². The van der Waals surface area contributed by atoms with Crippen LogP contribution in [0.15, 0.2) is 18.3 Å². The van der Waals surface area contributed by atoms with E-state index < -0.39 is 0 Å². The maximum Gasteiger partial charge on any atom is 0.276 e. The Morgan fingerprint density at radius 1 is 1.62 bits per heavy atom. The second-order valence-electron chi connectivity index (χ2n) is 4.07. The summed E-state index contributed by atoms with van der Waals surface area (Å²) in [7, 11) is 1.72. The molecule has 16 heavy (non-hydrogen) atoms. The van der Waals surface area contributed by atoms with Crippen molar-refractivity contribution in [1.82, 2.24) is 9.88 Å². The van der Waals surface area contributed by atoms with Gasteiger partial charge < -0.3 is 10.0 Å². The number of nitrogens with zero attached hydrogens (tertiary/aromatic N) is 2. The van der Waals surface area contributed by atoms with Crippen LogP contribution in [0.3, 0.4) is 0 Å². The Balaban J connectivity index is 2.75. The van der Waals surface area contributed by atoms with Crippen LogP contribution in [0.4, 0.5) is 0 Å². The van der Waals surface area contributed by atoms with Gasteiger partial charge in [0.15, 0.2) is 5.69 Å². The minimum absolute atomic E-state index is 0.0662. The molecule has 1 atom stereocenters. The molecule has 1 aromatic rings. The minimum atomic E-state index is -0.238. The van der Waals surface area contributed by atoms with Gasteiger partial charge in [-0.3, -0.25) is 4.79 Å². The standard InChI is InChI=1S/C12H18N2O2/c1-4-9(2)8-14(3)12(16)11-10(15)6-5-7-13-11/h5-7,9,15H,4,8H2,1-3H3. The van der Waals surface area contributed by atoms with E-state index in [1.807, 2.05) is 0 Å². The number of amides is 1. The Morgan fingerprint density at radius 2 is 2.31 bits per heavy atom. The first kappa shape index (κ1) is 12.5. The molecular formula is C12H18N2O2. The zero-order valence-electron chi connectivity index (χ0n) is 9.97. The van der Waals surface area contributed by atoms with E-state index in [0.29, 0.717) is 12.5 Å². The summed E-state index contributed by atoms with van der Waals surface area (Å²) in [5, 5.41) is 9.51. The topological polar surface area (TPSA) is 53.4 Å². The molecule has 0 spiro atoms. The summed E-state index contributed by atoms with van der Waals surface area (Å²) in [5.41, 5.74) is 0.119. The first-order valence-electron chi connectivity index (χ1n) is 5.45. The number of aromatic hydroxyl groups is 1. The van der Waals surface area contributed by atoms with Crippen LogP contribution in [-0.4, -0.2) is 34.5 Å². The first-order chi connectivity index (χ1) is 7.56. The van der Waals surface area contributed by atoms with Gasteiger partial charge in [0.2, 0.25) is 0 Å². The molecule has 0 aliphatic heterocycles. The first-order valence-corrected chi connectivity index (χ1v) is 5.45. The molecule has 1 aromatic heterocycles. The second-order valence-corrected chi connectivity index (χ2v) is 4.07. The third kappa shape index (κ3) is 2.95. The van der Waals surface area contributed by atoms with E-state index in [9.17, 15) is 9.90 Å². The molecule has 1 heterocycles. The number of aromatic nitrogens is 1. The van der Waals surface area contributed by atoms with Gasteiger partial charge in [-0.2, -0.15) is 0 Å². The summed E-state index contributed by atoms with van der Waals surface area (Å²) in [6, 6.07) is 3.07. The molecule has 0 aliphatic carbocycles. The largest absolute Gasteiger partial charge is 0.505 e. The predicted octanol–water partition coefficient (Wildman–Crippen LogP) is 1.91. The van der Waals surface area contributed by atoms with Crippen molar-refractivity contribution in [2.24, 2.45) is 5.92 Å². The van der Waals surface area contributed by atoms with Crippen LogP contribution in [0, 0.1) is 5.92 Å². The van der Waals surface area contributed by atoms with Gasteiger partial charge in [-0.1, -0.05) is 20.3 Å². The molecule has 0 saturated carbocycles. The van der Waals surface area contributed by atoms with Crippen molar-refractivity contribution in [2.45, 2.75) is 20.3 Å². The number of carbonyl (C=O) groups is 1. The van der Waals surface area contributed by atoms with Crippen molar-refractivity contribution in [1.29, 1.82) is 0 Å². The summed E-state index contributed by atoms with van der Waals surface area (Å²) in [6.07, 6.45) is 2.52. The van der Waals surface area contributed by atoms with Crippen LogP contribution < -0.4 is 0 Å². The van der Waals surface area contributed by atoms with E-state index in [1.165, 1.54) is 12.3 Å². The molecular weight excluding hydrogens is 204 g/mol. The van der Waals surface area contributed by atoms with Gasteiger partial charge in [-0.15, -0.1) is 0 Å². The van der Waals surface area contributed by atoms with Gasteiger partial charge in [-0.05, 0) is 18.1 Å². The highest BCUT2D eigenvalue weighted by Crippen LogP contribution is 2.15. The van der Waals surface area contributed by atoms with Crippen LogP contribution in [0.25, 0.3) is 0 Å². The Hall–Kier alpha value is -1.58. The van der Waals surface area contributed by atoms with E-state index in [-0.39, 0.29) is 17.4 Å². The summed E-state index contributed by atoms with van der Waals surface area (Å²) in [6.45, 7) is 4.84. The van der Waals surface area contributed by atoms with E-state index in [2.05, 4.69) is 18.8 Å². The molecule has 0 radical (unpaired) electrons. The summed E-state index contributed by atoms with van der Waals surface area (Å²) < 4.78 is 0. The summed E-state index contributed by atoms with van der Waals surface area (Å²) >= 11 is 0. The highest BCUT2D eigenvalue weighted by atomic mass is 16.3. The third-order valence-corrected chi connectivity index (χ3v) is 2.62. The van der Waals surface area contributed by atoms with Gasteiger partial charge in [0, 0.05) is 19.8 Å². The third-order valence-electron chi connectivity index (χ3n) is 2.62. The maximum absolute atomic E-state index is 11.9. The smallest absolute Gasteiger partial charge is 0.276 e. The molecule has 0 saturated heterocycles. The van der Waals surface area contributed by atoms with Gasteiger partial charge in [0.05, 0.1) is 0 Å². The van der Waals surface area contributed by atoms with Crippen molar-refractivity contribution in [3.05, 3.63) is 24.0 Å². The van der Waals surface area contributed by atoms with E-state index >= 15 is 0 Å². The van der Waals surface area contributed by atoms with E-state index in [1.54, 1.807) is 18.0 Å². The van der Waals surface area contributed by atoms with Crippen LogP contribution >= 0.6 is 0 Å². The molecule has 1 N–H and O–H groups in total. The lowest BCUT2D eigenvalue weighted by molar-refractivity contribution is 0.0766. The predicted molar refractivity (Wildman–Crippen MR) is 62.3 cm³/mol. The zero-order chi connectivity index (χ0) is 12.1. The van der Waals surface area contributed by atoms with Gasteiger partial charge in [-0.25, -0.2) is 4.98 Å². The zero-order valence-corrected chi connectivity index (χ0v) is 9.97. The molecule has 1 amide bonds. The van der Waals surface area contributed by atoms with Crippen molar-refractivity contribution in [2.75, 3.05) is 13.6 Å². The molecule has 0 aliphatic rings. The molecule has 88 valence electrons. The highest BCUT2D eigenvalue weighted by molar-refractivity contribution is 5.94. The quantitative estimate of drug-likeness (QED) is 0.846. The molecule has 0 bridgehead atoms. The number of rotatable bonds is 4. The summed E-state index contributed by atoms with van der Waals surface area (Å²) in [4.78, 5) is 17.4. The fourth-order valence-electron chi connectivity index (χ4n) is 1.42. The molecule has 0 fully saturated rings. The lowest BCUT2D eigenvalue weighted by atomic mass is 10.1. The lowest BCUT2D eigenvalue weighted by Crippen LogP contribution is -2.31. The highest BCUT2D eigenvalue weighted by Gasteiger charge is 2.17. The Kier molecular flexibility index (Phi) is 4.28. The number of hydrogen-bond donors (Lipinski definition) is 1. The SMILES string of the molecule is CCC(C)CN(C)C(=O)c1ncccc1O. The molecule has 4 nitrogen and oxygen atoms in total. The van der Waals surface area contributed by atoms with Crippen molar-refractivity contribution in [3.63, 3.8) is 0 Å². The maximum atomic E-state index is 11.9. The Labute approximate surface area is 95.9 Å². The van der Waals surface area contributed by atoms with Gasteiger partial charge >= 0.3 is 0 Å². The fraction of sp³-hybridized carbons (Fsp3) is 0.500. The van der Waals surface area contributed by atoms with E-state index in [0.717, 1.165) is 6.42 Å². The van der Waals surface area contributed by atoms with Crippen molar-refractivity contribution in [3.8, 4) is 5.75 Å². The number of hydrogen-bond acceptors (Lipinski definition) is 3. The van der Waals surface area contributed by atoms with Crippen LogP contribution in [-0.2, 0) is 0 Å². The van der Waals surface area contributed by atoms with Crippen LogP contribution in [0.5, 0.6) is 5.75 Å². The van der Waals surface area contributed by atoms with Crippen molar-refractivity contribution >= 4 is 5.91 Å². The normalized spacial score (nSPS) is 12.2. The molecule has 0 aromatic carbocycles. The Morgan fingerprint density at radius 3 is 2.88 bits per heavy atom. The van der Waals surface area contributed by atoms with E-state index in [4.69, 9.17) is 0 Å². The minimum Gasteiger partial charge on any atom is -0.505 e. The Bertz CT molecular complexity index is 366. The molecule has 4 heteroatoms. The second kappa shape index (κ2) is 5.49. The van der Waals surface area contributed by atoms with Gasteiger partial charge in [0.25, 0.3) is 5.91 Å². The number of pyridine rings is 1. The summed E-state index contributed by atoms with van der Waals surface area (Å²) in [5.74, 6) is 0.140. The molecule has 1 unspecified atom stereocenters. The average Bonchev–Trinajstić information content (AvgIpc) is 2.28. The number of carbonyl (C=O) groups excluding carboxylic acids is 1.